The zero-order valence-corrected chi connectivity index (χ0v) is 16.8. The Kier molecular flexibility index (Phi) is 4.91. The fourth-order valence-electron chi connectivity index (χ4n) is 5.39. The van der Waals surface area contributed by atoms with E-state index in [1.165, 1.54) is 5.56 Å². The second-order valence-corrected chi connectivity index (χ2v) is 8.23. The molecule has 0 spiro atoms. The van der Waals surface area contributed by atoms with E-state index in [0.717, 1.165) is 37.2 Å². The summed E-state index contributed by atoms with van der Waals surface area (Å²) < 4.78 is 0. The molecular weight excluding hydrogens is 358 g/mol. The molecule has 1 aromatic rings. The molecule has 8 nitrogen and oxygen atoms in total. The number of non-ortho nitro benzene ring substituents is 1. The molecule has 0 aromatic heterocycles. The Morgan fingerprint density at radius 2 is 2.11 bits per heavy atom. The number of likely N-dealkylation sites (tertiary alicyclic amines) is 1. The SMILES string of the molecule is CCN(CC)C(=O)N[C@@H]1C[C@@H]2c3cc([N+](=O)[O-])cc4c3[C@H](CN4)C[C@H]2N(C)C1. The van der Waals surface area contributed by atoms with Crippen LogP contribution in [0.25, 0.3) is 0 Å². The van der Waals surface area contributed by atoms with Crippen LogP contribution in [0.15, 0.2) is 12.1 Å². The zero-order valence-electron chi connectivity index (χ0n) is 16.8. The maximum atomic E-state index is 12.5. The highest BCUT2D eigenvalue weighted by Gasteiger charge is 2.45. The van der Waals surface area contributed by atoms with Crippen molar-refractivity contribution in [2.75, 3.05) is 38.5 Å². The van der Waals surface area contributed by atoms with Crippen molar-refractivity contribution < 1.29 is 9.72 Å². The summed E-state index contributed by atoms with van der Waals surface area (Å²) in [5.74, 6) is 0.613. The number of piperidine rings is 1. The topological polar surface area (TPSA) is 90.8 Å². The molecule has 0 radical (unpaired) electrons. The van der Waals surface area contributed by atoms with E-state index in [1.807, 2.05) is 13.8 Å². The van der Waals surface area contributed by atoms with Crippen LogP contribution in [0.3, 0.4) is 0 Å². The van der Waals surface area contributed by atoms with Gasteiger partial charge in [-0.05, 0) is 44.9 Å². The molecule has 1 aromatic carbocycles. The van der Waals surface area contributed by atoms with Gasteiger partial charge in [0.05, 0.1) is 4.92 Å². The van der Waals surface area contributed by atoms with Crippen molar-refractivity contribution in [3.63, 3.8) is 0 Å². The number of anilines is 1. The second-order valence-electron chi connectivity index (χ2n) is 8.23. The highest BCUT2D eigenvalue weighted by molar-refractivity contribution is 5.74. The first-order valence-electron chi connectivity index (χ1n) is 10.2. The molecule has 2 heterocycles. The van der Waals surface area contributed by atoms with Gasteiger partial charge >= 0.3 is 6.03 Å². The molecule has 1 saturated heterocycles. The molecule has 2 amide bonds. The molecule has 0 saturated carbocycles. The van der Waals surface area contributed by atoms with Crippen LogP contribution in [0.2, 0.25) is 0 Å². The molecule has 3 aliphatic rings. The van der Waals surface area contributed by atoms with E-state index in [2.05, 4.69) is 22.6 Å². The minimum Gasteiger partial charge on any atom is -0.384 e. The van der Waals surface area contributed by atoms with Gasteiger partial charge in [-0.2, -0.15) is 0 Å². The predicted octanol–water partition coefficient (Wildman–Crippen LogP) is 2.72. The third-order valence-electron chi connectivity index (χ3n) is 6.74. The smallest absolute Gasteiger partial charge is 0.317 e. The Labute approximate surface area is 165 Å². The van der Waals surface area contributed by atoms with Crippen LogP contribution in [0.1, 0.15) is 49.7 Å². The fourth-order valence-corrected chi connectivity index (χ4v) is 5.39. The summed E-state index contributed by atoms with van der Waals surface area (Å²) in [6, 6.07) is 3.82. The Morgan fingerprint density at radius 3 is 2.79 bits per heavy atom. The second kappa shape index (κ2) is 7.24. The molecule has 0 bridgehead atoms. The van der Waals surface area contributed by atoms with E-state index in [-0.39, 0.29) is 28.6 Å². The molecule has 8 heteroatoms. The molecule has 2 N–H and O–H groups in total. The predicted molar refractivity (Wildman–Crippen MR) is 108 cm³/mol. The number of likely N-dealkylation sites (N-methyl/N-ethyl adjacent to an activating group) is 1. The number of fused-ring (bicyclic) bond motifs is 2. The maximum absolute atomic E-state index is 12.5. The van der Waals surface area contributed by atoms with E-state index in [0.29, 0.717) is 25.0 Å². The highest BCUT2D eigenvalue weighted by Crippen LogP contribution is 2.51. The zero-order chi connectivity index (χ0) is 20.0. The quantitative estimate of drug-likeness (QED) is 0.612. The first kappa shape index (κ1) is 19.0. The molecular formula is C20H29N5O3. The van der Waals surface area contributed by atoms with E-state index in [9.17, 15) is 14.9 Å². The van der Waals surface area contributed by atoms with E-state index < -0.39 is 0 Å². The molecule has 4 rings (SSSR count). The van der Waals surface area contributed by atoms with Crippen molar-refractivity contribution in [2.24, 2.45) is 0 Å². The fraction of sp³-hybridized carbons (Fsp3) is 0.650. The van der Waals surface area contributed by atoms with Crippen LogP contribution in [0.4, 0.5) is 16.2 Å². The number of nitrogens with one attached hydrogen (secondary N) is 2. The molecule has 0 unspecified atom stereocenters. The van der Waals surface area contributed by atoms with Gasteiger partial charge in [-0.15, -0.1) is 0 Å². The minimum atomic E-state index is -0.304. The number of amides is 2. The van der Waals surface area contributed by atoms with Crippen LogP contribution >= 0.6 is 0 Å². The van der Waals surface area contributed by atoms with Gasteiger partial charge in [0.2, 0.25) is 0 Å². The summed E-state index contributed by atoms with van der Waals surface area (Å²) in [6.45, 7) is 6.99. The largest absolute Gasteiger partial charge is 0.384 e. The number of carbonyl (C=O) groups excluding carboxylic acids is 1. The minimum absolute atomic E-state index is 0.0264. The monoisotopic (exact) mass is 387 g/mol. The summed E-state index contributed by atoms with van der Waals surface area (Å²) in [7, 11) is 2.11. The average molecular weight is 387 g/mol. The van der Waals surface area contributed by atoms with Crippen LogP contribution < -0.4 is 10.6 Å². The van der Waals surface area contributed by atoms with Gasteiger partial charge in [0, 0.05) is 67.9 Å². The number of hydrogen-bond donors (Lipinski definition) is 2. The third kappa shape index (κ3) is 3.09. The lowest BCUT2D eigenvalue weighted by Crippen LogP contribution is -2.56. The van der Waals surface area contributed by atoms with Gasteiger partial charge in [0.1, 0.15) is 0 Å². The Bertz CT molecular complexity index is 794. The number of rotatable bonds is 4. The summed E-state index contributed by atoms with van der Waals surface area (Å²) in [4.78, 5) is 27.8. The lowest BCUT2D eigenvalue weighted by molar-refractivity contribution is -0.384. The number of hydrogen-bond acceptors (Lipinski definition) is 5. The molecule has 4 atom stereocenters. The Balaban J connectivity index is 1.63. The van der Waals surface area contributed by atoms with Crippen LogP contribution in [-0.2, 0) is 0 Å². The number of urea groups is 1. The van der Waals surface area contributed by atoms with Gasteiger partial charge in [-0.3, -0.25) is 10.1 Å². The van der Waals surface area contributed by atoms with E-state index in [1.54, 1.807) is 17.0 Å². The first-order valence-corrected chi connectivity index (χ1v) is 10.2. The van der Waals surface area contributed by atoms with Gasteiger partial charge < -0.3 is 20.4 Å². The molecule has 2 aliphatic heterocycles. The number of benzene rings is 1. The first-order chi connectivity index (χ1) is 13.4. The van der Waals surface area contributed by atoms with Crippen molar-refractivity contribution in [3.05, 3.63) is 33.4 Å². The number of nitro groups is 1. The van der Waals surface area contributed by atoms with Gasteiger partial charge in [-0.25, -0.2) is 4.79 Å². The van der Waals surface area contributed by atoms with Crippen LogP contribution in [-0.4, -0.2) is 66.1 Å². The third-order valence-corrected chi connectivity index (χ3v) is 6.74. The van der Waals surface area contributed by atoms with Crippen LogP contribution in [0.5, 0.6) is 0 Å². The number of carbonyl (C=O) groups is 1. The van der Waals surface area contributed by atoms with Gasteiger partial charge in [0.15, 0.2) is 0 Å². The maximum Gasteiger partial charge on any atom is 0.317 e. The molecule has 1 fully saturated rings. The van der Waals surface area contributed by atoms with Crippen molar-refractivity contribution >= 4 is 17.4 Å². The Hall–Kier alpha value is -2.35. The molecule has 152 valence electrons. The van der Waals surface area contributed by atoms with Crippen molar-refractivity contribution in [1.29, 1.82) is 0 Å². The number of nitro benzene ring substituents is 1. The van der Waals surface area contributed by atoms with E-state index in [4.69, 9.17) is 0 Å². The molecule has 28 heavy (non-hydrogen) atoms. The van der Waals surface area contributed by atoms with E-state index >= 15 is 0 Å². The van der Waals surface area contributed by atoms with Crippen molar-refractivity contribution in [3.8, 4) is 0 Å². The Morgan fingerprint density at radius 1 is 1.36 bits per heavy atom. The summed E-state index contributed by atoms with van der Waals surface area (Å²) in [6.07, 6.45) is 1.88. The normalized spacial score (nSPS) is 28.1. The summed E-state index contributed by atoms with van der Waals surface area (Å²) >= 11 is 0. The lowest BCUT2D eigenvalue weighted by Gasteiger charge is -2.47. The van der Waals surface area contributed by atoms with Crippen molar-refractivity contribution in [2.45, 2.75) is 50.6 Å². The summed E-state index contributed by atoms with van der Waals surface area (Å²) in [5.41, 5.74) is 3.43. The van der Waals surface area contributed by atoms with Gasteiger partial charge in [-0.1, -0.05) is 0 Å². The van der Waals surface area contributed by atoms with Crippen LogP contribution in [0, 0.1) is 10.1 Å². The average Bonchev–Trinajstić information content (AvgIpc) is 3.07. The number of nitrogens with zero attached hydrogens (tertiary/aromatic N) is 3. The highest BCUT2D eigenvalue weighted by atomic mass is 16.6. The van der Waals surface area contributed by atoms with Gasteiger partial charge in [0.25, 0.3) is 5.69 Å². The molecule has 1 aliphatic carbocycles. The lowest BCUT2D eigenvalue weighted by atomic mass is 9.69. The summed E-state index contributed by atoms with van der Waals surface area (Å²) in [5, 5.41) is 18.0. The van der Waals surface area contributed by atoms with Crippen molar-refractivity contribution in [1.82, 2.24) is 15.1 Å². The standard InChI is InChI=1S/C20H29N5O3/c1-4-24(5-2)20(26)22-13-7-15-16-8-14(25(27)28)9-17-19(16)12(10-21-17)6-18(15)23(3)11-13/h8-9,12-13,15,18,21H,4-7,10-11H2,1-3H3,(H,22,26)/t12-,13+,15+,18+/m0/s1.